The maximum Gasteiger partial charge on any atom is 0.412 e. The Morgan fingerprint density at radius 1 is 1.35 bits per heavy atom. The molecule has 0 saturated heterocycles. The first-order valence-corrected chi connectivity index (χ1v) is 6.41. The minimum atomic E-state index is -1.10. The first-order valence-electron chi connectivity index (χ1n) is 6.41. The first kappa shape index (κ1) is 16.4. The predicted molar refractivity (Wildman–Crippen MR) is 73.6 cm³/mol. The van der Waals surface area contributed by atoms with Crippen LogP contribution < -0.4 is 11.1 Å². The second-order valence-corrected chi connectivity index (χ2v) is 5.46. The molecule has 0 aliphatic heterocycles. The van der Waals surface area contributed by atoms with Crippen molar-refractivity contribution in [1.82, 2.24) is 0 Å². The third-order valence-corrected chi connectivity index (χ3v) is 2.39. The highest BCUT2D eigenvalue weighted by molar-refractivity contribution is 5.85. The zero-order valence-corrected chi connectivity index (χ0v) is 11.9. The zero-order chi connectivity index (χ0) is 15.3. The SMILES string of the molecule is CC(C)(C)OC(=O)Nc1cc(CCCN)cc(F)c1F. The van der Waals surface area contributed by atoms with Gasteiger partial charge in [-0.3, -0.25) is 5.32 Å². The number of nitrogens with one attached hydrogen (secondary N) is 1. The standard InChI is InChI=1S/C14H20F2N2O2/c1-14(2,3)20-13(19)18-11-8-9(5-4-6-17)7-10(15)12(11)16/h7-8H,4-6,17H2,1-3H3,(H,18,19). The summed E-state index contributed by atoms with van der Waals surface area (Å²) in [6.45, 7) is 5.50. The lowest BCUT2D eigenvalue weighted by Gasteiger charge is -2.20. The number of hydrogen-bond donors (Lipinski definition) is 2. The number of ether oxygens (including phenoxy) is 1. The van der Waals surface area contributed by atoms with Gasteiger partial charge >= 0.3 is 6.09 Å². The number of hydrogen-bond acceptors (Lipinski definition) is 3. The van der Waals surface area contributed by atoms with Crippen LogP contribution in [0.2, 0.25) is 0 Å². The summed E-state index contributed by atoms with van der Waals surface area (Å²) in [5.41, 5.74) is 5.00. The molecule has 112 valence electrons. The fraction of sp³-hybridized carbons (Fsp3) is 0.500. The summed E-state index contributed by atoms with van der Waals surface area (Å²) in [5, 5.41) is 2.22. The number of rotatable bonds is 4. The van der Waals surface area contributed by atoms with Gasteiger partial charge in [0.25, 0.3) is 0 Å². The van der Waals surface area contributed by atoms with E-state index < -0.39 is 23.3 Å². The van der Waals surface area contributed by atoms with Gasteiger partial charge in [0, 0.05) is 0 Å². The lowest BCUT2D eigenvalue weighted by atomic mass is 10.1. The molecule has 0 atom stereocenters. The smallest absolute Gasteiger partial charge is 0.412 e. The van der Waals surface area contributed by atoms with Crippen LogP contribution >= 0.6 is 0 Å². The van der Waals surface area contributed by atoms with Crippen molar-refractivity contribution in [2.24, 2.45) is 5.73 Å². The van der Waals surface area contributed by atoms with E-state index in [1.807, 2.05) is 0 Å². The number of nitrogens with two attached hydrogens (primary N) is 1. The number of amides is 1. The van der Waals surface area contributed by atoms with E-state index in [-0.39, 0.29) is 5.69 Å². The first-order chi connectivity index (χ1) is 9.23. The maximum absolute atomic E-state index is 13.6. The van der Waals surface area contributed by atoms with Gasteiger partial charge in [0.1, 0.15) is 5.60 Å². The van der Waals surface area contributed by atoms with E-state index in [0.29, 0.717) is 24.9 Å². The highest BCUT2D eigenvalue weighted by Crippen LogP contribution is 2.21. The van der Waals surface area contributed by atoms with Crippen molar-refractivity contribution in [2.45, 2.75) is 39.2 Å². The van der Waals surface area contributed by atoms with Crippen LogP contribution in [-0.2, 0) is 11.2 Å². The summed E-state index contributed by atoms with van der Waals surface area (Å²) in [6, 6.07) is 2.49. The number of aryl methyl sites for hydroxylation is 1. The van der Waals surface area contributed by atoms with Gasteiger partial charge in [-0.1, -0.05) is 0 Å². The van der Waals surface area contributed by atoms with Crippen molar-refractivity contribution in [3.8, 4) is 0 Å². The van der Waals surface area contributed by atoms with Crippen molar-refractivity contribution < 1.29 is 18.3 Å². The van der Waals surface area contributed by atoms with Gasteiger partial charge in [-0.05, 0) is 57.9 Å². The van der Waals surface area contributed by atoms with E-state index >= 15 is 0 Å². The molecule has 0 aromatic heterocycles. The Labute approximate surface area is 117 Å². The number of carbonyl (C=O) groups is 1. The van der Waals surface area contributed by atoms with Gasteiger partial charge < -0.3 is 10.5 Å². The molecule has 3 N–H and O–H groups in total. The molecule has 0 spiro atoms. The summed E-state index contributed by atoms with van der Waals surface area (Å²) in [5.74, 6) is -2.11. The van der Waals surface area contributed by atoms with Crippen molar-refractivity contribution in [1.29, 1.82) is 0 Å². The Bertz CT molecular complexity index is 485. The Morgan fingerprint density at radius 3 is 2.55 bits per heavy atom. The molecular weight excluding hydrogens is 266 g/mol. The molecule has 0 aliphatic rings. The zero-order valence-electron chi connectivity index (χ0n) is 11.9. The van der Waals surface area contributed by atoms with Crippen LogP contribution in [0.4, 0.5) is 19.3 Å². The third-order valence-electron chi connectivity index (χ3n) is 2.39. The molecule has 1 rings (SSSR count). The van der Waals surface area contributed by atoms with Crippen LogP contribution in [0.3, 0.4) is 0 Å². The van der Waals surface area contributed by atoms with Crippen LogP contribution in [-0.4, -0.2) is 18.2 Å². The van der Waals surface area contributed by atoms with Crippen molar-refractivity contribution in [3.05, 3.63) is 29.3 Å². The molecule has 6 heteroatoms. The van der Waals surface area contributed by atoms with Gasteiger partial charge in [0.05, 0.1) is 5.69 Å². The van der Waals surface area contributed by atoms with E-state index in [2.05, 4.69) is 5.32 Å². The maximum atomic E-state index is 13.6. The van der Waals surface area contributed by atoms with Crippen LogP contribution in [0.1, 0.15) is 32.8 Å². The van der Waals surface area contributed by atoms with Gasteiger partial charge in [-0.2, -0.15) is 0 Å². The lowest BCUT2D eigenvalue weighted by molar-refractivity contribution is 0.0635. The lowest BCUT2D eigenvalue weighted by Crippen LogP contribution is -2.27. The number of carbonyl (C=O) groups excluding carboxylic acids is 1. The molecule has 0 heterocycles. The van der Waals surface area contributed by atoms with Crippen LogP contribution in [0.15, 0.2) is 12.1 Å². The Balaban J connectivity index is 2.88. The molecule has 0 saturated carbocycles. The monoisotopic (exact) mass is 286 g/mol. The average molecular weight is 286 g/mol. The summed E-state index contributed by atoms with van der Waals surface area (Å²) in [4.78, 5) is 11.6. The summed E-state index contributed by atoms with van der Waals surface area (Å²) < 4.78 is 32.1. The Kier molecular flexibility index (Phi) is 5.44. The topological polar surface area (TPSA) is 64.3 Å². The molecule has 0 radical (unpaired) electrons. The minimum Gasteiger partial charge on any atom is -0.444 e. The second kappa shape index (κ2) is 6.65. The minimum absolute atomic E-state index is 0.230. The summed E-state index contributed by atoms with van der Waals surface area (Å²) >= 11 is 0. The molecule has 1 aromatic carbocycles. The fourth-order valence-corrected chi connectivity index (χ4v) is 1.60. The molecule has 1 aromatic rings. The van der Waals surface area contributed by atoms with E-state index in [1.165, 1.54) is 6.07 Å². The highest BCUT2D eigenvalue weighted by Gasteiger charge is 2.19. The summed E-state index contributed by atoms with van der Waals surface area (Å²) in [7, 11) is 0. The van der Waals surface area contributed by atoms with E-state index in [0.717, 1.165) is 6.07 Å². The van der Waals surface area contributed by atoms with Crippen molar-refractivity contribution >= 4 is 11.8 Å². The second-order valence-electron chi connectivity index (χ2n) is 5.46. The van der Waals surface area contributed by atoms with Crippen LogP contribution in [0.5, 0.6) is 0 Å². The molecular formula is C14H20F2N2O2. The van der Waals surface area contributed by atoms with Crippen molar-refractivity contribution in [3.63, 3.8) is 0 Å². The number of benzene rings is 1. The third kappa shape index (κ3) is 5.13. The van der Waals surface area contributed by atoms with E-state index in [9.17, 15) is 13.6 Å². The molecule has 20 heavy (non-hydrogen) atoms. The largest absolute Gasteiger partial charge is 0.444 e. The highest BCUT2D eigenvalue weighted by atomic mass is 19.2. The van der Waals surface area contributed by atoms with Gasteiger partial charge in [-0.15, -0.1) is 0 Å². The van der Waals surface area contributed by atoms with E-state index in [1.54, 1.807) is 20.8 Å². The molecule has 0 bridgehead atoms. The quantitative estimate of drug-likeness (QED) is 0.893. The molecule has 0 fully saturated rings. The van der Waals surface area contributed by atoms with Crippen LogP contribution in [0, 0.1) is 11.6 Å². The Morgan fingerprint density at radius 2 is 2.00 bits per heavy atom. The predicted octanol–water partition coefficient (Wildman–Crippen LogP) is 3.20. The summed E-state index contributed by atoms with van der Waals surface area (Å²) in [6.07, 6.45) is 0.333. The molecule has 1 amide bonds. The van der Waals surface area contributed by atoms with Gasteiger partial charge in [0.2, 0.25) is 0 Å². The van der Waals surface area contributed by atoms with E-state index in [4.69, 9.17) is 10.5 Å². The van der Waals surface area contributed by atoms with Crippen LogP contribution in [0.25, 0.3) is 0 Å². The van der Waals surface area contributed by atoms with Gasteiger partial charge in [0.15, 0.2) is 11.6 Å². The average Bonchev–Trinajstić information content (AvgIpc) is 2.30. The molecule has 0 aliphatic carbocycles. The number of halogens is 2. The van der Waals surface area contributed by atoms with Crippen molar-refractivity contribution in [2.75, 3.05) is 11.9 Å². The molecule has 0 unspecified atom stereocenters. The normalized spacial score (nSPS) is 11.3. The Hall–Kier alpha value is -1.69. The van der Waals surface area contributed by atoms with Gasteiger partial charge in [-0.25, -0.2) is 13.6 Å². The number of anilines is 1. The fourth-order valence-electron chi connectivity index (χ4n) is 1.60. The molecule has 4 nitrogen and oxygen atoms in total.